The molecule has 1 aromatic rings. The first-order valence-electron chi connectivity index (χ1n) is 4.65. The van der Waals surface area contributed by atoms with E-state index in [4.69, 9.17) is 0 Å². The number of aromatic amines is 1. The second-order valence-electron chi connectivity index (χ2n) is 3.53. The third-order valence-electron chi connectivity index (χ3n) is 1.79. The monoisotopic (exact) mass is 196 g/mol. The first-order valence-corrected chi connectivity index (χ1v) is 4.65. The maximum Gasteiger partial charge on any atom is 0.315 e. The van der Waals surface area contributed by atoms with E-state index in [1.807, 2.05) is 20.8 Å². The standard InChI is InChI=1S/C9H16N4O/c1-6(2)12-9(14)13-7(3)8-4-10-11-5-8/h4-7H,1-3H3,(H,10,11)(H2,12,13,14). The Morgan fingerprint density at radius 1 is 1.43 bits per heavy atom. The molecule has 0 bridgehead atoms. The van der Waals surface area contributed by atoms with Crippen molar-refractivity contribution in [2.45, 2.75) is 32.9 Å². The molecule has 1 heterocycles. The van der Waals surface area contributed by atoms with E-state index < -0.39 is 0 Å². The number of urea groups is 1. The number of rotatable bonds is 3. The Labute approximate surface area is 83.3 Å². The van der Waals surface area contributed by atoms with Gasteiger partial charge in [0.1, 0.15) is 0 Å². The molecule has 0 aliphatic rings. The molecule has 0 spiro atoms. The van der Waals surface area contributed by atoms with Crippen LogP contribution in [-0.2, 0) is 0 Å². The highest BCUT2D eigenvalue weighted by Gasteiger charge is 2.10. The van der Waals surface area contributed by atoms with Crippen molar-refractivity contribution in [2.75, 3.05) is 0 Å². The Morgan fingerprint density at radius 3 is 2.64 bits per heavy atom. The van der Waals surface area contributed by atoms with Crippen LogP contribution >= 0.6 is 0 Å². The normalized spacial score (nSPS) is 12.6. The van der Waals surface area contributed by atoms with E-state index in [-0.39, 0.29) is 18.1 Å². The van der Waals surface area contributed by atoms with Crippen LogP contribution in [0, 0.1) is 0 Å². The number of nitrogens with zero attached hydrogens (tertiary/aromatic N) is 1. The van der Waals surface area contributed by atoms with E-state index in [2.05, 4.69) is 20.8 Å². The molecule has 2 amide bonds. The fraction of sp³-hybridized carbons (Fsp3) is 0.556. The summed E-state index contributed by atoms with van der Waals surface area (Å²) in [4.78, 5) is 11.3. The molecule has 78 valence electrons. The molecule has 5 nitrogen and oxygen atoms in total. The van der Waals surface area contributed by atoms with E-state index in [0.717, 1.165) is 5.56 Å². The minimum Gasteiger partial charge on any atom is -0.336 e. The van der Waals surface area contributed by atoms with Gasteiger partial charge in [-0.3, -0.25) is 5.10 Å². The predicted molar refractivity (Wildman–Crippen MR) is 53.8 cm³/mol. The Hall–Kier alpha value is -1.52. The molecule has 1 atom stereocenters. The molecule has 0 fully saturated rings. The zero-order chi connectivity index (χ0) is 10.6. The zero-order valence-corrected chi connectivity index (χ0v) is 8.66. The molecule has 5 heteroatoms. The number of aromatic nitrogens is 2. The van der Waals surface area contributed by atoms with Gasteiger partial charge in [-0.2, -0.15) is 5.10 Å². The maximum atomic E-state index is 11.3. The van der Waals surface area contributed by atoms with Crippen molar-refractivity contribution in [1.29, 1.82) is 0 Å². The number of carbonyl (C=O) groups is 1. The fourth-order valence-corrected chi connectivity index (χ4v) is 1.08. The summed E-state index contributed by atoms with van der Waals surface area (Å²) < 4.78 is 0. The van der Waals surface area contributed by atoms with Crippen molar-refractivity contribution in [1.82, 2.24) is 20.8 Å². The summed E-state index contributed by atoms with van der Waals surface area (Å²) in [6, 6.07) is -0.0484. The summed E-state index contributed by atoms with van der Waals surface area (Å²) in [7, 11) is 0. The summed E-state index contributed by atoms with van der Waals surface area (Å²) in [6.07, 6.45) is 3.46. The van der Waals surface area contributed by atoms with Crippen LogP contribution in [0.15, 0.2) is 12.4 Å². The van der Waals surface area contributed by atoms with Gasteiger partial charge in [-0.05, 0) is 20.8 Å². The molecular formula is C9H16N4O. The molecule has 0 radical (unpaired) electrons. The minimum atomic E-state index is -0.159. The smallest absolute Gasteiger partial charge is 0.315 e. The fourth-order valence-electron chi connectivity index (χ4n) is 1.08. The van der Waals surface area contributed by atoms with Crippen molar-refractivity contribution in [3.8, 4) is 0 Å². The van der Waals surface area contributed by atoms with Crippen molar-refractivity contribution in [3.63, 3.8) is 0 Å². The van der Waals surface area contributed by atoms with Gasteiger partial charge in [-0.15, -0.1) is 0 Å². The van der Waals surface area contributed by atoms with Gasteiger partial charge in [0.2, 0.25) is 0 Å². The number of amides is 2. The van der Waals surface area contributed by atoms with Crippen LogP contribution < -0.4 is 10.6 Å². The van der Waals surface area contributed by atoms with E-state index in [9.17, 15) is 4.79 Å². The molecule has 0 aliphatic carbocycles. The highest BCUT2D eigenvalue weighted by Crippen LogP contribution is 2.08. The Kier molecular flexibility index (Phi) is 3.50. The first-order chi connectivity index (χ1) is 6.59. The lowest BCUT2D eigenvalue weighted by Gasteiger charge is -2.14. The van der Waals surface area contributed by atoms with Crippen LogP contribution in [0.25, 0.3) is 0 Å². The molecule has 0 aromatic carbocycles. The Balaban J connectivity index is 2.41. The second-order valence-corrected chi connectivity index (χ2v) is 3.53. The predicted octanol–water partition coefficient (Wildman–Crippen LogP) is 1.18. The third kappa shape index (κ3) is 3.08. The third-order valence-corrected chi connectivity index (χ3v) is 1.79. The summed E-state index contributed by atoms with van der Waals surface area (Å²) in [5, 5.41) is 12.1. The van der Waals surface area contributed by atoms with Gasteiger partial charge in [0.25, 0.3) is 0 Å². The second kappa shape index (κ2) is 4.64. The Morgan fingerprint density at radius 2 is 2.14 bits per heavy atom. The number of nitrogens with one attached hydrogen (secondary N) is 3. The van der Waals surface area contributed by atoms with Crippen molar-refractivity contribution in [2.24, 2.45) is 0 Å². The summed E-state index contributed by atoms with van der Waals surface area (Å²) in [5.74, 6) is 0. The summed E-state index contributed by atoms with van der Waals surface area (Å²) in [5.41, 5.74) is 0.962. The summed E-state index contributed by atoms with van der Waals surface area (Å²) >= 11 is 0. The molecule has 1 aromatic heterocycles. The first kappa shape index (κ1) is 10.6. The van der Waals surface area contributed by atoms with Crippen molar-refractivity contribution >= 4 is 6.03 Å². The van der Waals surface area contributed by atoms with Crippen LogP contribution in [0.1, 0.15) is 32.4 Å². The largest absolute Gasteiger partial charge is 0.336 e. The van der Waals surface area contributed by atoms with E-state index >= 15 is 0 Å². The lowest BCUT2D eigenvalue weighted by atomic mass is 10.2. The molecular weight excluding hydrogens is 180 g/mol. The average molecular weight is 196 g/mol. The number of hydrogen-bond acceptors (Lipinski definition) is 2. The van der Waals surface area contributed by atoms with Crippen LogP contribution in [0.5, 0.6) is 0 Å². The molecule has 3 N–H and O–H groups in total. The maximum absolute atomic E-state index is 11.3. The van der Waals surface area contributed by atoms with Gasteiger partial charge in [0.05, 0.1) is 12.2 Å². The molecule has 1 rings (SSSR count). The molecule has 0 saturated carbocycles. The molecule has 0 saturated heterocycles. The van der Waals surface area contributed by atoms with Crippen LogP contribution in [0.4, 0.5) is 4.79 Å². The lowest BCUT2D eigenvalue weighted by molar-refractivity contribution is 0.235. The van der Waals surface area contributed by atoms with Gasteiger partial charge in [0.15, 0.2) is 0 Å². The van der Waals surface area contributed by atoms with E-state index in [0.29, 0.717) is 0 Å². The van der Waals surface area contributed by atoms with Gasteiger partial charge in [-0.1, -0.05) is 0 Å². The van der Waals surface area contributed by atoms with Crippen molar-refractivity contribution in [3.05, 3.63) is 18.0 Å². The van der Waals surface area contributed by atoms with Crippen LogP contribution in [0.2, 0.25) is 0 Å². The molecule has 14 heavy (non-hydrogen) atoms. The van der Waals surface area contributed by atoms with Crippen molar-refractivity contribution < 1.29 is 4.79 Å². The topological polar surface area (TPSA) is 69.8 Å². The van der Waals surface area contributed by atoms with Gasteiger partial charge >= 0.3 is 6.03 Å². The lowest BCUT2D eigenvalue weighted by Crippen LogP contribution is -2.40. The SMILES string of the molecule is CC(C)NC(=O)NC(C)c1cn[nH]c1. The Bertz CT molecular complexity index is 281. The van der Waals surface area contributed by atoms with Gasteiger partial charge in [-0.25, -0.2) is 4.79 Å². The minimum absolute atomic E-state index is 0.0347. The van der Waals surface area contributed by atoms with Crippen LogP contribution in [0.3, 0.4) is 0 Å². The van der Waals surface area contributed by atoms with E-state index in [1.54, 1.807) is 12.4 Å². The molecule has 1 unspecified atom stereocenters. The number of hydrogen-bond donors (Lipinski definition) is 3. The highest BCUT2D eigenvalue weighted by molar-refractivity contribution is 5.74. The highest BCUT2D eigenvalue weighted by atomic mass is 16.2. The summed E-state index contributed by atoms with van der Waals surface area (Å²) in [6.45, 7) is 5.74. The molecule has 0 aliphatic heterocycles. The quantitative estimate of drug-likeness (QED) is 0.679. The van der Waals surface area contributed by atoms with Crippen LogP contribution in [-0.4, -0.2) is 22.3 Å². The average Bonchev–Trinajstić information content (AvgIpc) is 2.53. The number of carbonyl (C=O) groups excluding carboxylic acids is 1. The van der Waals surface area contributed by atoms with Gasteiger partial charge in [0, 0.05) is 17.8 Å². The number of H-pyrrole nitrogens is 1. The van der Waals surface area contributed by atoms with Gasteiger partial charge < -0.3 is 10.6 Å². The van der Waals surface area contributed by atoms with E-state index in [1.165, 1.54) is 0 Å². The zero-order valence-electron chi connectivity index (χ0n) is 8.66.